The molecule has 0 aromatic carbocycles. The molecule has 1 aliphatic carbocycles. The van der Waals surface area contributed by atoms with Crippen LogP contribution in [0.25, 0.3) is 0 Å². The van der Waals surface area contributed by atoms with Crippen LogP contribution < -0.4 is 10.0 Å². The number of carboxylic acid groups (broad SMARTS) is 1. The van der Waals surface area contributed by atoms with E-state index in [1.807, 2.05) is 0 Å². The Hall–Kier alpha value is -1.40. The molecule has 6 heteroatoms. The molecular formula is C23H33N2O2S2-. The Labute approximate surface area is 183 Å². The molecule has 1 aliphatic rings. The van der Waals surface area contributed by atoms with Crippen molar-refractivity contribution in [3.63, 3.8) is 0 Å². The summed E-state index contributed by atoms with van der Waals surface area (Å²) in [7, 11) is 0. The third kappa shape index (κ3) is 6.05. The van der Waals surface area contributed by atoms with Crippen molar-refractivity contribution in [2.45, 2.75) is 78.7 Å². The molecule has 2 aromatic rings. The zero-order valence-corrected chi connectivity index (χ0v) is 19.7. The number of hydrogen-bond donors (Lipinski definition) is 0. The number of nitrogens with zero attached hydrogens (tertiary/aromatic N) is 2. The minimum absolute atomic E-state index is 0.0254. The van der Waals surface area contributed by atoms with E-state index in [2.05, 4.69) is 50.1 Å². The van der Waals surface area contributed by atoms with Crippen LogP contribution in [0.4, 0.5) is 5.13 Å². The van der Waals surface area contributed by atoms with Gasteiger partial charge in [0.15, 0.2) is 5.13 Å². The summed E-state index contributed by atoms with van der Waals surface area (Å²) < 4.78 is 0. The summed E-state index contributed by atoms with van der Waals surface area (Å²) in [5, 5.41) is 14.2. The number of carboxylic acids is 1. The minimum atomic E-state index is -1.01. The van der Waals surface area contributed by atoms with E-state index in [0.29, 0.717) is 24.4 Å². The van der Waals surface area contributed by atoms with Gasteiger partial charge in [-0.25, -0.2) is 4.98 Å². The smallest absolute Gasteiger partial charge is 0.185 e. The van der Waals surface area contributed by atoms with E-state index >= 15 is 0 Å². The maximum atomic E-state index is 11.1. The van der Waals surface area contributed by atoms with E-state index < -0.39 is 5.97 Å². The Morgan fingerprint density at radius 1 is 1.21 bits per heavy atom. The van der Waals surface area contributed by atoms with E-state index in [9.17, 15) is 9.90 Å². The highest BCUT2D eigenvalue weighted by Crippen LogP contribution is 2.43. The quantitative estimate of drug-likeness (QED) is 0.572. The van der Waals surface area contributed by atoms with Crippen molar-refractivity contribution in [3.8, 4) is 0 Å². The van der Waals surface area contributed by atoms with Gasteiger partial charge in [0.2, 0.25) is 0 Å². The summed E-state index contributed by atoms with van der Waals surface area (Å²) >= 11 is 3.45. The Kier molecular flexibility index (Phi) is 7.38. The third-order valence-corrected chi connectivity index (χ3v) is 8.28. The molecule has 2 heterocycles. The van der Waals surface area contributed by atoms with Crippen molar-refractivity contribution in [1.82, 2.24) is 4.98 Å². The van der Waals surface area contributed by atoms with Crippen molar-refractivity contribution in [3.05, 3.63) is 33.0 Å². The molecule has 29 heavy (non-hydrogen) atoms. The molecule has 160 valence electrons. The number of carbonyl (C=O) groups is 1. The number of thiazole rings is 1. The van der Waals surface area contributed by atoms with Gasteiger partial charge < -0.3 is 14.8 Å². The Morgan fingerprint density at radius 2 is 1.90 bits per heavy atom. The number of carbonyl (C=O) groups excluding carboxylic acids is 1. The number of aryl methyl sites for hydroxylation is 1. The molecule has 0 amide bonds. The van der Waals surface area contributed by atoms with E-state index in [1.165, 1.54) is 41.1 Å². The first kappa shape index (κ1) is 22.3. The summed E-state index contributed by atoms with van der Waals surface area (Å²) in [6, 6.07) is 4.32. The van der Waals surface area contributed by atoms with E-state index in [0.717, 1.165) is 17.5 Å². The van der Waals surface area contributed by atoms with Crippen LogP contribution in [-0.2, 0) is 17.8 Å². The maximum Gasteiger partial charge on any atom is 0.185 e. The first-order valence-corrected chi connectivity index (χ1v) is 12.4. The fourth-order valence-corrected chi connectivity index (χ4v) is 6.13. The molecule has 2 aromatic heterocycles. The van der Waals surface area contributed by atoms with Gasteiger partial charge in [-0.1, -0.05) is 27.7 Å². The zero-order chi connectivity index (χ0) is 21.0. The van der Waals surface area contributed by atoms with Gasteiger partial charge in [-0.05, 0) is 55.6 Å². The van der Waals surface area contributed by atoms with Crippen LogP contribution in [0.3, 0.4) is 0 Å². The van der Waals surface area contributed by atoms with Crippen molar-refractivity contribution in [2.24, 2.45) is 11.3 Å². The molecule has 3 rings (SSSR count). The van der Waals surface area contributed by atoms with E-state index in [1.54, 1.807) is 22.7 Å². The molecule has 1 saturated carbocycles. The second kappa shape index (κ2) is 9.61. The minimum Gasteiger partial charge on any atom is -0.550 e. The monoisotopic (exact) mass is 433 g/mol. The molecule has 0 unspecified atom stereocenters. The van der Waals surface area contributed by atoms with Gasteiger partial charge in [0.05, 0.1) is 12.2 Å². The number of hydrogen-bond acceptors (Lipinski definition) is 6. The molecule has 0 radical (unpaired) electrons. The summed E-state index contributed by atoms with van der Waals surface area (Å²) in [4.78, 5) is 20.7. The highest BCUT2D eigenvalue weighted by Gasteiger charge is 2.31. The molecule has 0 bridgehead atoms. The van der Waals surface area contributed by atoms with Crippen LogP contribution in [0.15, 0.2) is 17.5 Å². The van der Waals surface area contributed by atoms with Crippen LogP contribution >= 0.6 is 22.7 Å². The van der Waals surface area contributed by atoms with Gasteiger partial charge in [-0.3, -0.25) is 0 Å². The molecular weight excluding hydrogens is 400 g/mol. The first-order valence-electron chi connectivity index (χ1n) is 10.7. The lowest BCUT2D eigenvalue weighted by Crippen LogP contribution is -2.30. The number of aliphatic carboxylic acids is 1. The second-order valence-corrected chi connectivity index (χ2v) is 11.3. The summed E-state index contributed by atoms with van der Waals surface area (Å²) in [6.07, 6.45) is 6.00. The van der Waals surface area contributed by atoms with Gasteiger partial charge in [-0.15, -0.1) is 22.7 Å². The lowest BCUT2D eigenvalue weighted by Gasteiger charge is -2.36. The van der Waals surface area contributed by atoms with Gasteiger partial charge in [-0.2, -0.15) is 0 Å². The van der Waals surface area contributed by atoms with Crippen LogP contribution in [0.1, 0.15) is 81.2 Å². The van der Waals surface area contributed by atoms with Crippen molar-refractivity contribution in [1.29, 1.82) is 0 Å². The van der Waals surface area contributed by atoms with Gasteiger partial charge >= 0.3 is 0 Å². The maximum absolute atomic E-state index is 11.1. The van der Waals surface area contributed by atoms with Crippen molar-refractivity contribution in [2.75, 3.05) is 11.4 Å². The van der Waals surface area contributed by atoms with Crippen LogP contribution in [0.5, 0.6) is 0 Å². The second-order valence-electron chi connectivity index (χ2n) is 9.23. The standard InChI is InChI=1S/C23H34N2O2S2/c1-5-18-10-11-19(29-18)14-25(13-12-21(26)27)22-24-20(15-28-22)16-6-8-17(9-7-16)23(2,3)4/h10-11,15-17H,5-9,12-14H2,1-4H3,(H,26,27)/p-1. The molecule has 0 atom stereocenters. The molecule has 0 aliphatic heterocycles. The number of rotatable bonds is 8. The van der Waals surface area contributed by atoms with Crippen LogP contribution in [0, 0.1) is 11.3 Å². The normalized spacial score (nSPS) is 20.0. The van der Waals surface area contributed by atoms with Gasteiger partial charge in [0.25, 0.3) is 0 Å². The lowest BCUT2D eigenvalue weighted by atomic mass is 9.69. The molecule has 0 saturated heterocycles. The number of thiophene rings is 1. The predicted molar refractivity (Wildman–Crippen MR) is 121 cm³/mol. The van der Waals surface area contributed by atoms with Gasteiger partial charge in [0.1, 0.15) is 0 Å². The highest BCUT2D eigenvalue weighted by atomic mass is 32.1. The number of anilines is 1. The summed E-state index contributed by atoms with van der Waals surface area (Å²) in [5.74, 6) is 0.325. The SMILES string of the molecule is CCc1ccc(CN(CCC(=O)[O-])c2nc(C3CCC(C(C)(C)C)CC3)cs2)s1. The molecule has 0 N–H and O–H groups in total. The fourth-order valence-electron chi connectivity index (χ4n) is 4.22. The zero-order valence-electron chi connectivity index (χ0n) is 18.1. The van der Waals surface area contributed by atoms with E-state index in [4.69, 9.17) is 4.98 Å². The van der Waals surface area contributed by atoms with Crippen molar-refractivity contribution >= 4 is 33.8 Å². The predicted octanol–water partition coefficient (Wildman–Crippen LogP) is 5.23. The first-order chi connectivity index (χ1) is 13.8. The van der Waals surface area contributed by atoms with E-state index in [-0.39, 0.29) is 6.42 Å². The Bertz CT molecular complexity index is 798. The third-order valence-electron chi connectivity index (χ3n) is 6.15. The fraction of sp³-hybridized carbons (Fsp3) is 0.652. The average Bonchev–Trinajstić information content (AvgIpc) is 3.34. The molecule has 0 spiro atoms. The van der Waals surface area contributed by atoms with Crippen molar-refractivity contribution < 1.29 is 9.90 Å². The largest absolute Gasteiger partial charge is 0.550 e. The highest BCUT2D eigenvalue weighted by molar-refractivity contribution is 7.14. The topological polar surface area (TPSA) is 56.3 Å². The Morgan fingerprint density at radius 3 is 2.48 bits per heavy atom. The number of aromatic nitrogens is 1. The van der Waals surface area contributed by atoms with Crippen LogP contribution in [-0.4, -0.2) is 17.5 Å². The Balaban J connectivity index is 1.69. The van der Waals surface area contributed by atoms with Crippen LogP contribution in [0.2, 0.25) is 0 Å². The molecule has 4 nitrogen and oxygen atoms in total. The summed E-state index contributed by atoms with van der Waals surface area (Å²) in [5.41, 5.74) is 1.58. The average molecular weight is 434 g/mol. The molecule has 1 fully saturated rings. The van der Waals surface area contributed by atoms with Gasteiger partial charge in [0, 0.05) is 40.0 Å². The lowest BCUT2D eigenvalue weighted by molar-refractivity contribution is -0.305. The summed E-state index contributed by atoms with van der Waals surface area (Å²) in [6.45, 7) is 10.4.